The summed E-state index contributed by atoms with van der Waals surface area (Å²) in [6, 6.07) is 15.1. The van der Waals surface area contributed by atoms with Crippen LogP contribution in [0, 0.1) is 3.57 Å². The molecule has 1 unspecified atom stereocenters. The molecule has 3 aromatic rings. The lowest BCUT2D eigenvalue weighted by atomic mass is 10.2. The van der Waals surface area contributed by atoms with E-state index >= 15 is 0 Å². The molecule has 1 amide bonds. The summed E-state index contributed by atoms with van der Waals surface area (Å²) in [6.45, 7) is 0.994. The molecule has 4 rings (SSSR count). The number of anilines is 1. The Balaban J connectivity index is 1.40. The molecule has 2 heterocycles. The van der Waals surface area contributed by atoms with Crippen molar-refractivity contribution in [3.8, 4) is 11.5 Å². The molecule has 0 saturated heterocycles. The molecule has 1 N–H and O–H groups in total. The van der Waals surface area contributed by atoms with E-state index in [1.54, 1.807) is 23.1 Å². The number of amides is 1. The molecule has 0 spiro atoms. The van der Waals surface area contributed by atoms with Crippen molar-refractivity contribution in [2.75, 3.05) is 11.9 Å². The van der Waals surface area contributed by atoms with Gasteiger partial charge in [-0.15, -0.1) is 0 Å². The minimum Gasteiger partial charge on any atom is -0.486 e. The van der Waals surface area contributed by atoms with E-state index in [1.165, 1.54) is 0 Å². The van der Waals surface area contributed by atoms with E-state index in [0.29, 0.717) is 24.4 Å². The van der Waals surface area contributed by atoms with Gasteiger partial charge in [-0.25, -0.2) is 0 Å². The van der Waals surface area contributed by atoms with Gasteiger partial charge in [-0.2, -0.15) is 5.10 Å². The zero-order chi connectivity index (χ0) is 17.9. The van der Waals surface area contributed by atoms with Gasteiger partial charge in [0, 0.05) is 9.77 Å². The first-order valence-electron chi connectivity index (χ1n) is 8.16. The van der Waals surface area contributed by atoms with Crippen LogP contribution >= 0.6 is 22.6 Å². The summed E-state index contributed by atoms with van der Waals surface area (Å²) in [5.41, 5.74) is 1.29. The zero-order valence-electron chi connectivity index (χ0n) is 13.8. The number of ether oxygens (including phenoxy) is 2. The third-order valence-corrected chi connectivity index (χ3v) is 4.91. The van der Waals surface area contributed by atoms with Gasteiger partial charge in [0.05, 0.1) is 24.0 Å². The zero-order valence-corrected chi connectivity index (χ0v) is 15.9. The second-order valence-corrected chi connectivity index (χ2v) is 7.04. The molecule has 0 fully saturated rings. The molecule has 0 bridgehead atoms. The first-order chi connectivity index (χ1) is 12.7. The second-order valence-electron chi connectivity index (χ2n) is 5.88. The van der Waals surface area contributed by atoms with E-state index in [1.807, 2.05) is 42.5 Å². The lowest BCUT2D eigenvalue weighted by Gasteiger charge is -2.26. The van der Waals surface area contributed by atoms with Gasteiger partial charge in [-0.1, -0.05) is 24.3 Å². The molecule has 1 atom stereocenters. The minimum atomic E-state index is -0.152. The van der Waals surface area contributed by atoms with Crippen molar-refractivity contribution >= 4 is 34.2 Å². The number of carbonyl (C=O) groups is 1. The maximum absolute atomic E-state index is 12.4. The number of hydrogen-bond donors (Lipinski definition) is 1. The maximum atomic E-state index is 12.4. The SMILES string of the molecule is O=C(Nc1cnn(CC2COc3ccccc3O2)c1)c1ccccc1I. The molecule has 6 nitrogen and oxygen atoms in total. The molecule has 1 aliphatic heterocycles. The molecular weight excluding hydrogens is 445 g/mol. The number of nitrogens with one attached hydrogen (secondary N) is 1. The third kappa shape index (κ3) is 3.67. The van der Waals surface area contributed by atoms with E-state index in [0.717, 1.165) is 15.1 Å². The highest BCUT2D eigenvalue weighted by molar-refractivity contribution is 14.1. The Morgan fingerprint density at radius 1 is 1.19 bits per heavy atom. The lowest BCUT2D eigenvalue weighted by Crippen LogP contribution is -2.33. The largest absolute Gasteiger partial charge is 0.486 e. The Bertz CT molecular complexity index is 941. The summed E-state index contributed by atoms with van der Waals surface area (Å²) in [4.78, 5) is 12.4. The summed E-state index contributed by atoms with van der Waals surface area (Å²) in [5.74, 6) is 1.35. The predicted molar refractivity (Wildman–Crippen MR) is 106 cm³/mol. The maximum Gasteiger partial charge on any atom is 0.256 e. The topological polar surface area (TPSA) is 65.4 Å². The fourth-order valence-corrected chi connectivity index (χ4v) is 3.37. The third-order valence-electron chi connectivity index (χ3n) is 3.97. The number of rotatable bonds is 4. The molecule has 1 aliphatic rings. The quantitative estimate of drug-likeness (QED) is 0.604. The Morgan fingerprint density at radius 3 is 2.81 bits per heavy atom. The van der Waals surface area contributed by atoms with Gasteiger partial charge in [0.2, 0.25) is 0 Å². The fraction of sp³-hybridized carbons (Fsp3) is 0.158. The highest BCUT2D eigenvalue weighted by atomic mass is 127. The van der Waals surface area contributed by atoms with Crippen LogP contribution in [0.4, 0.5) is 5.69 Å². The Labute approximate surface area is 164 Å². The van der Waals surface area contributed by atoms with Gasteiger partial charge in [0.1, 0.15) is 6.61 Å². The standard InChI is InChI=1S/C19H16IN3O3/c20-16-6-2-1-5-15(16)19(24)22-13-9-21-23(10-13)11-14-12-25-17-7-3-4-8-18(17)26-14/h1-10,14H,11-12H2,(H,22,24). The number of hydrogen-bond acceptors (Lipinski definition) is 4. The van der Waals surface area contributed by atoms with Crippen molar-refractivity contribution in [1.82, 2.24) is 9.78 Å². The van der Waals surface area contributed by atoms with Gasteiger partial charge in [0.25, 0.3) is 5.91 Å². The molecule has 132 valence electrons. The van der Waals surface area contributed by atoms with Crippen LogP contribution in [0.3, 0.4) is 0 Å². The molecule has 0 saturated carbocycles. The van der Waals surface area contributed by atoms with Crippen molar-refractivity contribution in [1.29, 1.82) is 0 Å². The van der Waals surface area contributed by atoms with E-state index in [-0.39, 0.29) is 12.0 Å². The second kappa shape index (κ2) is 7.36. The van der Waals surface area contributed by atoms with Gasteiger partial charge < -0.3 is 14.8 Å². The summed E-state index contributed by atoms with van der Waals surface area (Å²) >= 11 is 2.15. The number of para-hydroxylation sites is 2. The molecule has 1 aromatic heterocycles. The van der Waals surface area contributed by atoms with Crippen molar-refractivity contribution in [2.45, 2.75) is 12.6 Å². The average molecular weight is 461 g/mol. The van der Waals surface area contributed by atoms with Gasteiger partial charge in [0.15, 0.2) is 17.6 Å². The van der Waals surface area contributed by atoms with E-state index < -0.39 is 0 Å². The molecule has 2 aromatic carbocycles. The van der Waals surface area contributed by atoms with Crippen molar-refractivity contribution in [3.05, 3.63) is 70.1 Å². The fourth-order valence-electron chi connectivity index (χ4n) is 2.73. The van der Waals surface area contributed by atoms with Crippen LogP contribution in [-0.2, 0) is 6.54 Å². The monoisotopic (exact) mass is 461 g/mol. The van der Waals surface area contributed by atoms with E-state index in [2.05, 4.69) is 33.0 Å². The Kier molecular flexibility index (Phi) is 4.79. The highest BCUT2D eigenvalue weighted by Crippen LogP contribution is 2.31. The summed E-state index contributed by atoms with van der Waals surface area (Å²) in [5, 5.41) is 7.17. The number of benzene rings is 2. The van der Waals surface area contributed by atoms with Crippen LogP contribution in [0.15, 0.2) is 60.9 Å². The number of fused-ring (bicyclic) bond motifs is 1. The van der Waals surface area contributed by atoms with Crippen LogP contribution in [0.2, 0.25) is 0 Å². The van der Waals surface area contributed by atoms with Gasteiger partial charge in [-0.05, 0) is 46.9 Å². The number of nitrogens with zero attached hydrogens (tertiary/aromatic N) is 2. The predicted octanol–water partition coefficient (Wildman–Crippen LogP) is 3.58. The number of aromatic nitrogens is 2. The number of carbonyl (C=O) groups excluding carboxylic acids is 1. The van der Waals surface area contributed by atoms with Crippen LogP contribution < -0.4 is 14.8 Å². The van der Waals surface area contributed by atoms with Crippen LogP contribution in [-0.4, -0.2) is 28.4 Å². The lowest BCUT2D eigenvalue weighted by molar-refractivity contribution is 0.0759. The van der Waals surface area contributed by atoms with E-state index in [4.69, 9.17) is 9.47 Å². The van der Waals surface area contributed by atoms with Crippen molar-refractivity contribution in [2.24, 2.45) is 0 Å². The van der Waals surface area contributed by atoms with Crippen LogP contribution in [0.5, 0.6) is 11.5 Å². The van der Waals surface area contributed by atoms with E-state index in [9.17, 15) is 4.79 Å². The molecule has 0 radical (unpaired) electrons. The summed E-state index contributed by atoms with van der Waals surface area (Å²) in [7, 11) is 0. The molecule has 0 aliphatic carbocycles. The first-order valence-corrected chi connectivity index (χ1v) is 9.24. The minimum absolute atomic E-state index is 0.136. The Morgan fingerprint density at radius 2 is 1.96 bits per heavy atom. The number of halogens is 1. The average Bonchev–Trinajstić information content (AvgIpc) is 3.08. The summed E-state index contributed by atoms with van der Waals surface area (Å²) in [6.07, 6.45) is 3.28. The molecular formula is C19H16IN3O3. The van der Waals surface area contributed by atoms with Crippen LogP contribution in [0.1, 0.15) is 10.4 Å². The van der Waals surface area contributed by atoms with Gasteiger partial charge >= 0.3 is 0 Å². The van der Waals surface area contributed by atoms with Gasteiger partial charge in [-0.3, -0.25) is 9.48 Å². The van der Waals surface area contributed by atoms with Crippen molar-refractivity contribution in [3.63, 3.8) is 0 Å². The molecule has 26 heavy (non-hydrogen) atoms. The normalized spacial score (nSPS) is 15.5. The molecule has 7 heteroatoms. The van der Waals surface area contributed by atoms with Crippen molar-refractivity contribution < 1.29 is 14.3 Å². The van der Waals surface area contributed by atoms with Crippen LogP contribution in [0.25, 0.3) is 0 Å². The first kappa shape index (κ1) is 16.9. The highest BCUT2D eigenvalue weighted by Gasteiger charge is 2.21. The Hall–Kier alpha value is -2.55. The smallest absolute Gasteiger partial charge is 0.256 e. The summed E-state index contributed by atoms with van der Waals surface area (Å²) < 4.78 is 14.3.